The maximum Gasteiger partial charge on any atom is 0.251 e. The quantitative estimate of drug-likeness (QED) is 0.886. The van der Waals surface area contributed by atoms with Crippen LogP contribution in [0.1, 0.15) is 35.2 Å². The Labute approximate surface area is 112 Å². The number of nitrogens with one attached hydrogen (secondary N) is 1. The molecule has 1 amide bonds. The third-order valence-electron chi connectivity index (χ3n) is 3.37. The molecule has 0 saturated heterocycles. The Morgan fingerprint density at radius 1 is 1.50 bits per heavy atom. The number of rotatable bonds is 3. The van der Waals surface area contributed by atoms with Crippen LogP contribution in [0.3, 0.4) is 0 Å². The first-order valence-electron chi connectivity index (χ1n) is 5.83. The minimum Gasteiger partial charge on any atom is -0.350 e. The molecule has 1 fully saturated rings. The van der Waals surface area contributed by atoms with Crippen molar-refractivity contribution in [3.8, 4) is 0 Å². The van der Waals surface area contributed by atoms with E-state index in [-0.39, 0.29) is 29.7 Å². The van der Waals surface area contributed by atoms with Crippen molar-refractivity contribution >= 4 is 18.3 Å². The first-order valence-corrected chi connectivity index (χ1v) is 5.83. The molecule has 1 saturated carbocycles. The summed E-state index contributed by atoms with van der Waals surface area (Å²) in [5.74, 6) is -0.485. The van der Waals surface area contributed by atoms with Crippen molar-refractivity contribution in [2.45, 2.75) is 31.7 Å². The van der Waals surface area contributed by atoms with Crippen LogP contribution in [-0.4, -0.2) is 18.0 Å². The standard InChI is InChI=1S/C13H17FN2O.ClH/c1-9-7-10(3-4-11(9)14)12(17)16-8-13(15)5-2-6-13;/h3-4,7H,2,5-6,8,15H2,1H3,(H,16,17);1H. The zero-order valence-corrected chi connectivity index (χ0v) is 11.1. The summed E-state index contributed by atoms with van der Waals surface area (Å²) in [6.07, 6.45) is 3.04. The van der Waals surface area contributed by atoms with E-state index >= 15 is 0 Å². The summed E-state index contributed by atoms with van der Waals surface area (Å²) in [6.45, 7) is 2.13. The van der Waals surface area contributed by atoms with Crippen LogP contribution in [0.15, 0.2) is 18.2 Å². The lowest BCUT2D eigenvalue weighted by atomic mass is 9.78. The predicted molar refractivity (Wildman–Crippen MR) is 71.5 cm³/mol. The van der Waals surface area contributed by atoms with Gasteiger partial charge in [-0.05, 0) is 49.9 Å². The zero-order chi connectivity index (χ0) is 12.5. The highest BCUT2D eigenvalue weighted by molar-refractivity contribution is 5.94. The molecule has 5 heteroatoms. The maximum absolute atomic E-state index is 13.0. The molecule has 0 radical (unpaired) electrons. The lowest BCUT2D eigenvalue weighted by molar-refractivity contribution is 0.0929. The highest BCUT2D eigenvalue weighted by Gasteiger charge is 2.32. The SMILES string of the molecule is Cc1cc(C(=O)NCC2(N)CCC2)ccc1F.Cl. The third kappa shape index (κ3) is 3.21. The molecule has 0 unspecified atom stereocenters. The van der Waals surface area contributed by atoms with Gasteiger partial charge in [0.25, 0.3) is 5.91 Å². The Morgan fingerprint density at radius 3 is 2.67 bits per heavy atom. The number of hydrogen-bond acceptors (Lipinski definition) is 2. The van der Waals surface area contributed by atoms with E-state index < -0.39 is 0 Å². The van der Waals surface area contributed by atoms with Crippen molar-refractivity contribution in [1.29, 1.82) is 0 Å². The number of aryl methyl sites for hydroxylation is 1. The Balaban J connectivity index is 0.00000162. The van der Waals surface area contributed by atoms with Gasteiger partial charge in [-0.1, -0.05) is 0 Å². The van der Waals surface area contributed by atoms with Gasteiger partial charge in [0.15, 0.2) is 0 Å². The number of nitrogens with two attached hydrogens (primary N) is 1. The molecule has 1 aliphatic carbocycles. The van der Waals surface area contributed by atoms with Crippen LogP contribution in [-0.2, 0) is 0 Å². The summed E-state index contributed by atoms with van der Waals surface area (Å²) in [6, 6.07) is 4.35. The average Bonchev–Trinajstić information content (AvgIpc) is 2.27. The van der Waals surface area contributed by atoms with Crippen LogP contribution in [0.2, 0.25) is 0 Å². The van der Waals surface area contributed by atoms with Crippen LogP contribution < -0.4 is 11.1 Å². The molecule has 3 nitrogen and oxygen atoms in total. The summed E-state index contributed by atoms with van der Waals surface area (Å²) in [5.41, 5.74) is 6.73. The molecule has 0 aliphatic heterocycles. The highest BCUT2D eigenvalue weighted by Crippen LogP contribution is 2.28. The minimum absolute atomic E-state index is 0. The molecule has 2 rings (SSSR count). The number of halogens is 2. The van der Waals surface area contributed by atoms with Crippen molar-refractivity contribution < 1.29 is 9.18 Å². The average molecular weight is 273 g/mol. The molecule has 0 bridgehead atoms. The van der Waals surface area contributed by atoms with Gasteiger partial charge in [0.2, 0.25) is 0 Å². The summed E-state index contributed by atoms with van der Waals surface area (Å²) in [7, 11) is 0. The second-order valence-electron chi connectivity index (χ2n) is 4.86. The van der Waals surface area contributed by atoms with Gasteiger partial charge in [-0.3, -0.25) is 4.79 Å². The van der Waals surface area contributed by atoms with Crippen LogP contribution in [0.5, 0.6) is 0 Å². The summed E-state index contributed by atoms with van der Waals surface area (Å²) in [4.78, 5) is 11.8. The van der Waals surface area contributed by atoms with E-state index in [1.165, 1.54) is 12.1 Å². The van der Waals surface area contributed by atoms with Crippen molar-refractivity contribution in [2.75, 3.05) is 6.54 Å². The number of amides is 1. The number of carbonyl (C=O) groups is 1. The second-order valence-corrected chi connectivity index (χ2v) is 4.86. The Bertz CT molecular complexity index is 447. The molecule has 1 aromatic carbocycles. The molecular weight excluding hydrogens is 255 g/mol. The molecule has 0 heterocycles. The van der Waals surface area contributed by atoms with Gasteiger partial charge in [-0.25, -0.2) is 4.39 Å². The highest BCUT2D eigenvalue weighted by atomic mass is 35.5. The van der Waals surface area contributed by atoms with Crippen LogP contribution in [0.4, 0.5) is 4.39 Å². The van der Waals surface area contributed by atoms with Crippen LogP contribution in [0, 0.1) is 12.7 Å². The largest absolute Gasteiger partial charge is 0.350 e. The molecule has 18 heavy (non-hydrogen) atoms. The molecule has 1 aliphatic rings. The van der Waals surface area contributed by atoms with Crippen molar-refractivity contribution in [3.05, 3.63) is 35.1 Å². The smallest absolute Gasteiger partial charge is 0.251 e. The molecule has 100 valence electrons. The normalized spacial score (nSPS) is 16.4. The molecule has 0 spiro atoms. The molecule has 3 N–H and O–H groups in total. The van der Waals surface area contributed by atoms with Gasteiger partial charge < -0.3 is 11.1 Å². The number of carbonyl (C=O) groups excluding carboxylic acids is 1. The van der Waals surface area contributed by atoms with E-state index in [1.54, 1.807) is 13.0 Å². The summed E-state index contributed by atoms with van der Waals surface area (Å²) >= 11 is 0. The number of benzene rings is 1. The first kappa shape index (κ1) is 14.9. The first-order chi connectivity index (χ1) is 8.00. The van der Waals surface area contributed by atoms with Gasteiger partial charge in [-0.2, -0.15) is 0 Å². The van der Waals surface area contributed by atoms with Gasteiger partial charge in [0, 0.05) is 17.6 Å². The van der Waals surface area contributed by atoms with E-state index in [2.05, 4.69) is 5.32 Å². The molecule has 0 aromatic heterocycles. The van der Waals surface area contributed by atoms with E-state index in [0.717, 1.165) is 19.3 Å². The van der Waals surface area contributed by atoms with E-state index in [0.29, 0.717) is 17.7 Å². The van der Waals surface area contributed by atoms with Crippen molar-refractivity contribution in [3.63, 3.8) is 0 Å². The van der Waals surface area contributed by atoms with E-state index in [1.807, 2.05) is 0 Å². The molecule has 0 atom stereocenters. The Kier molecular flexibility index (Phi) is 4.71. The third-order valence-corrected chi connectivity index (χ3v) is 3.37. The van der Waals surface area contributed by atoms with Gasteiger partial charge in [-0.15, -0.1) is 12.4 Å². The fourth-order valence-electron chi connectivity index (χ4n) is 1.95. The molecule has 1 aromatic rings. The Morgan fingerprint density at radius 2 is 2.17 bits per heavy atom. The van der Waals surface area contributed by atoms with Crippen molar-refractivity contribution in [2.24, 2.45) is 5.73 Å². The van der Waals surface area contributed by atoms with Gasteiger partial charge in [0.1, 0.15) is 5.82 Å². The van der Waals surface area contributed by atoms with E-state index in [9.17, 15) is 9.18 Å². The van der Waals surface area contributed by atoms with Gasteiger partial charge in [0.05, 0.1) is 0 Å². The van der Waals surface area contributed by atoms with Crippen LogP contribution in [0.25, 0.3) is 0 Å². The van der Waals surface area contributed by atoms with Gasteiger partial charge >= 0.3 is 0 Å². The zero-order valence-electron chi connectivity index (χ0n) is 10.3. The second kappa shape index (κ2) is 5.67. The summed E-state index contributed by atoms with van der Waals surface area (Å²) in [5, 5.41) is 2.80. The fourth-order valence-corrected chi connectivity index (χ4v) is 1.95. The summed E-state index contributed by atoms with van der Waals surface area (Å²) < 4.78 is 13.0. The predicted octanol–water partition coefficient (Wildman–Crippen LogP) is 2.17. The maximum atomic E-state index is 13.0. The van der Waals surface area contributed by atoms with Crippen LogP contribution >= 0.6 is 12.4 Å². The molecular formula is C13H18ClFN2O. The minimum atomic E-state index is -0.296. The topological polar surface area (TPSA) is 55.1 Å². The lowest BCUT2D eigenvalue weighted by Gasteiger charge is -2.38. The monoisotopic (exact) mass is 272 g/mol. The van der Waals surface area contributed by atoms with E-state index in [4.69, 9.17) is 5.73 Å². The Hall–Kier alpha value is -1.13. The lowest BCUT2D eigenvalue weighted by Crippen LogP contribution is -2.54. The van der Waals surface area contributed by atoms with Crippen molar-refractivity contribution in [1.82, 2.24) is 5.32 Å². The number of hydrogen-bond donors (Lipinski definition) is 2. The fraction of sp³-hybridized carbons (Fsp3) is 0.462.